The minimum Gasteiger partial charge on any atom is -0.420 e. The van der Waals surface area contributed by atoms with E-state index in [0.29, 0.717) is 23.0 Å². The van der Waals surface area contributed by atoms with E-state index in [1.807, 2.05) is 30.3 Å². The summed E-state index contributed by atoms with van der Waals surface area (Å²) in [6, 6.07) is 15.6. The number of para-hydroxylation sites is 1. The number of nitrogens with zero attached hydrogens (tertiary/aromatic N) is 1. The molecule has 2 heterocycles. The first-order valence-electron chi connectivity index (χ1n) is 9.56. The number of benzene rings is 2. The number of aromatic nitrogens is 1. The summed E-state index contributed by atoms with van der Waals surface area (Å²) in [7, 11) is 0. The molecule has 0 aliphatic heterocycles. The van der Waals surface area contributed by atoms with E-state index in [0.717, 1.165) is 34.3 Å². The lowest BCUT2D eigenvalue weighted by Gasteiger charge is -2.29. The fourth-order valence-corrected chi connectivity index (χ4v) is 4.53. The van der Waals surface area contributed by atoms with Gasteiger partial charge >= 0.3 is 5.63 Å². The van der Waals surface area contributed by atoms with Crippen molar-refractivity contribution in [3.63, 3.8) is 0 Å². The second kappa shape index (κ2) is 5.68. The summed E-state index contributed by atoms with van der Waals surface area (Å²) in [4.78, 5) is 25.8. The third-order valence-corrected chi connectivity index (χ3v) is 5.74. The van der Waals surface area contributed by atoms with Crippen LogP contribution < -0.4 is 5.63 Å². The number of hydrogen-bond acceptors (Lipinski definition) is 3. The average molecular weight is 371 g/mol. The molecule has 4 nitrogen and oxygen atoms in total. The Morgan fingerprint density at radius 1 is 0.929 bits per heavy atom. The van der Waals surface area contributed by atoms with E-state index in [-0.39, 0.29) is 11.2 Å². The molecular weight excluding hydrogens is 350 g/mol. The zero-order valence-electron chi connectivity index (χ0n) is 16.2. The fraction of sp³-hybridized carbons (Fsp3) is 0.250. The Balaban J connectivity index is 2.06. The molecule has 0 unspecified atom stereocenters. The van der Waals surface area contributed by atoms with Gasteiger partial charge in [-0.25, -0.2) is 4.79 Å². The molecule has 0 N–H and O–H groups in total. The van der Waals surface area contributed by atoms with Crippen LogP contribution in [0, 0.1) is 12.3 Å². The number of rotatable bonds is 1. The Labute approximate surface area is 162 Å². The number of ketones is 1. The molecule has 1 aliphatic carbocycles. The molecular formula is C24H21NO3. The van der Waals surface area contributed by atoms with Crippen LogP contribution in [-0.4, -0.2) is 10.4 Å². The van der Waals surface area contributed by atoms with Crippen LogP contribution in [0.5, 0.6) is 0 Å². The SMILES string of the molecule is Cc1ccccc1-n1c2c(c3oc(=O)c4ccccc4c31)C(=O)CC(C)(C)C2. The molecule has 5 rings (SSSR count). The molecule has 1 aliphatic rings. The van der Waals surface area contributed by atoms with Gasteiger partial charge in [0.15, 0.2) is 11.4 Å². The summed E-state index contributed by atoms with van der Waals surface area (Å²) in [5.41, 5.74) is 4.31. The van der Waals surface area contributed by atoms with Gasteiger partial charge in [-0.05, 0) is 36.5 Å². The number of fused-ring (bicyclic) bond motifs is 5. The van der Waals surface area contributed by atoms with E-state index in [1.165, 1.54) is 0 Å². The summed E-state index contributed by atoms with van der Waals surface area (Å²) in [6.07, 6.45) is 1.19. The molecule has 4 aromatic rings. The van der Waals surface area contributed by atoms with Gasteiger partial charge in [-0.15, -0.1) is 0 Å². The number of hydrogen-bond donors (Lipinski definition) is 0. The summed E-state index contributed by atoms with van der Waals surface area (Å²) in [5, 5.41) is 1.35. The van der Waals surface area contributed by atoms with Gasteiger partial charge in [-0.3, -0.25) is 4.79 Å². The fourth-order valence-electron chi connectivity index (χ4n) is 4.53. The number of aryl methyl sites for hydroxylation is 1. The summed E-state index contributed by atoms with van der Waals surface area (Å²) >= 11 is 0. The molecule has 0 saturated heterocycles. The molecule has 0 fully saturated rings. The van der Waals surface area contributed by atoms with Gasteiger partial charge in [0.2, 0.25) is 0 Å². The first-order valence-corrected chi connectivity index (χ1v) is 9.56. The van der Waals surface area contributed by atoms with Crippen molar-refractivity contribution >= 4 is 27.7 Å². The van der Waals surface area contributed by atoms with Gasteiger partial charge in [-0.1, -0.05) is 50.2 Å². The molecule has 4 heteroatoms. The highest BCUT2D eigenvalue weighted by Crippen LogP contribution is 2.42. The zero-order chi connectivity index (χ0) is 19.6. The van der Waals surface area contributed by atoms with Crippen molar-refractivity contribution in [2.24, 2.45) is 5.41 Å². The van der Waals surface area contributed by atoms with Gasteiger partial charge in [0, 0.05) is 23.2 Å². The van der Waals surface area contributed by atoms with Crippen LogP contribution in [0.3, 0.4) is 0 Å². The molecule has 0 bridgehead atoms. The van der Waals surface area contributed by atoms with Gasteiger partial charge in [0.25, 0.3) is 0 Å². The van der Waals surface area contributed by atoms with E-state index in [9.17, 15) is 9.59 Å². The predicted molar refractivity (Wildman–Crippen MR) is 110 cm³/mol. The summed E-state index contributed by atoms with van der Waals surface area (Å²) < 4.78 is 7.90. The van der Waals surface area contributed by atoms with Crippen molar-refractivity contribution in [3.05, 3.63) is 75.8 Å². The van der Waals surface area contributed by atoms with Crippen LogP contribution in [0.25, 0.3) is 27.6 Å². The molecule has 140 valence electrons. The standard InChI is InChI=1S/C24H21NO3/c1-14-8-4-7-11-17(14)25-18-12-24(2,3)13-19(26)20(18)22-21(25)15-9-5-6-10-16(15)23(27)28-22/h4-11H,12-13H2,1-3H3. The van der Waals surface area contributed by atoms with Gasteiger partial charge in [0.05, 0.1) is 16.5 Å². The first kappa shape index (κ1) is 17.0. The molecule has 0 amide bonds. The monoisotopic (exact) mass is 371 g/mol. The quantitative estimate of drug-likeness (QED) is 0.462. The predicted octanol–water partition coefficient (Wildman–Crippen LogP) is 5.20. The van der Waals surface area contributed by atoms with E-state index >= 15 is 0 Å². The Kier molecular flexibility index (Phi) is 3.45. The van der Waals surface area contributed by atoms with Gasteiger partial charge < -0.3 is 8.98 Å². The molecule has 28 heavy (non-hydrogen) atoms. The van der Waals surface area contributed by atoms with Crippen LogP contribution in [-0.2, 0) is 6.42 Å². The first-order chi connectivity index (χ1) is 13.4. The molecule has 2 aromatic heterocycles. The Hall–Kier alpha value is -3.14. The lowest BCUT2D eigenvalue weighted by molar-refractivity contribution is 0.0911. The van der Waals surface area contributed by atoms with Crippen LogP contribution in [0.1, 0.15) is 41.9 Å². The average Bonchev–Trinajstić information content (AvgIpc) is 2.95. The van der Waals surface area contributed by atoms with Crippen molar-refractivity contribution in [3.8, 4) is 5.69 Å². The Bertz CT molecular complexity index is 1340. The van der Waals surface area contributed by atoms with E-state index in [1.54, 1.807) is 6.07 Å². The Morgan fingerprint density at radius 2 is 1.61 bits per heavy atom. The largest absolute Gasteiger partial charge is 0.420 e. The van der Waals surface area contributed by atoms with Gasteiger partial charge in [-0.2, -0.15) is 0 Å². The third kappa shape index (κ3) is 2.30. The lowest BCUT2D eigenvalue weighted by atomic mass is 9.76. The lowest BCUT2D eigenvalue weighted by Crippen LogP contribution is -2.28. The highest BCUT2D eigenvalue weighted by molar-refractivity contribution is 6.14. The van der Waals surface area contributed by atoms with Gasteiger partial charge in [0.1, 0.15) is 0 Å². The zero-order valence-corrected chi connectivity index (χ0v) is 16.2. The minimum absolute atomic E-state index is 0.0435. The maximum atomic E-state index is 13.1. The molecule has 0 saturated carbocycles. The number of Topliss-reactive ketones (excluding diaryl/α,β-unsaturated/α-hetero) is 1. The number of carbonyl (C=O) groups is 1. The minimum atomic E-state index is -0.398. The van der Waals surface area contributed by atoms with Crippen LogP contribution in [0.2, 0.25) is 0 Å². The third-order valence-electron chi connectivity index (χ3n) is 5.74. The van der Waals surface area contributed by atoms with E-state index in [2.05, 4.69) is 37.5 Å². The van der Waals surface area contributed by atoms with Crippen molar-refractivity contribution in [1.29, 1.82) is 0 Å². The normalized spacial score (nSPS) is 15.9. The molecule has 2 aromatic carbocycles. The summed E-state index contributed by atoms with van der Waals surface area (Å²) in [6.45, 7) is 6.29. The smallest absolute Gasteiger partial charge is 0.344 e. The topological polar surface area (TPSA) is 52.2 Å². The Morgan fingerprint density at radius 3 is 2.36 bits per heavy atom. The molecule has 0 spiro atoms. The van der Waals surface area contributed by atoms with Crippen molar-refractivity contribution < 1.29 is 9.21 Å². The van der Waals surface area contributed by atoms with Crippen molar-refractivity contribution in [2.75, 3.05) is 0 Å². The maximum Gasteiger partial charge on any atom is 0.344 e. The highest BCUT2D eigenvalue weighted by Gasteiger charge is 2.37. The number of carbonyl (C=O) groups excluding carboxylic acids is 1. The van der Waals surface area contributed by atoms with Crippen LogP contribution in [0.15, 0.2) is 57.7 Å². The van der Waals surface area contributed by atoms with Crippen molar-refractivity contribution in [2.45, 2.75) is 33.6 Å². The van der Waals surface area contributed by atoms with Crippen molar-refractivity contribution in [1.82, 2.24) is 4.57 Å². The summed E-state index contributed by atoms with van der Waals surface area (Å²) in [5.74, 6) is 0.0435. The van der Waals surface area contributed by atoms with Crippen LogP contribution >= 0.6 is 0 Å². The second-order valence-corrected chi connectivity index (χ2v) is 8.50. The maximum absolute atomic E-state index is 13.1. The van der Waals surface area contributed by atoms with Crippen LogP contribution in [0.4, 0.5) is 0 Å². The molecule has 0 atom stereocenters. The highest BCUT2D eigenvalue weighted by atomic mass is 16.4. The van der Waals surface area contributed by atoms with E-state index < -0.39 is 5.63 Å². The second-order valence-electron chi connectivity index (χ2n) is 8.50. The van der Waals surface area contributed by atoms with E-state index in [4.69, 9.17) is 4.42 Å². The molecule has 0 radical (unpaired) electrons.